The van der Waals surface area contributed by atoms with Gasteiger partial charge in [0.2, 0.25) is 0 Å². The number of hydrogen-bond acceptors (Lipinski definition) is 3. The first kappa shape index (κ1) is 9.39. The molecule has 0 saturated carbocycles. The molecule has 0 spiro atoms. The third-order valence-corrected chi connectivity index (χ3v) is 5.97. The Morgan fingerprint density at radius 3 is 2.55 bits per heavy atom. The molecule has 0 amide bonds. The van der Waals surface area contributed by atoms with Crippen LogP contribution in [0.25, 0.3) is 0 Å². The summed E-state index contributed by atoms with van der Waals surface area (Å²) in [5.74, 6) is 1.41. The molecule has 1 fully saturated rings. The number of sulfone groups is 1. The van der Waals surface area contributed by atoms with E-state index in [0.717, 1.165) is 18.6 Å². The van der Waals surface area contributed by atoms with Crippen LogP contribution in [0.5, 0.6) is 0 Å². The van der Waals surface area contributed by atoms with Crippen molar-refractivity contribution in [1.29, 1.82) is 0 Å². The van der Waals surface area contributed by atoms with Gasteiger partial charge in [-0.05, 0) is 18.1 Å². The highest BCUT2D eigenvalue weighted by molar-refractivity contribution is 8.13. The van der Waals surface area contributed by atoms with Gasteiger partial charge in [0.25, 0.3) is 0 Å². The molecule has 1 rings (SSSR count). The van der Waals surface area contributed by atoms with E-state index >= 15 is 0 Å². The van der Waals surface area contributed by atoms with Crippen molar-refractivity contribution in [2.24, 2.45) is 5.92 Å². The molecular weight excluding hydrogens is 180 g/mol. The van der Waals surface area contributed by atoms with E-state index in [1.807, 2.05) is 0 Å². The van der Waals surface area contributed by atoms with Crippen molar-refractivity contribution in [1.82, 2.24) is 0 Å². The summed E-state index contributed by atoms with van der Waals surface area (Å²) in [6.07, 6.45) is 3.41. The number of thioether (sulfide) groups is 1. The highest BCUT2D eigenvalue weighted by Gasteiger charge is 2.33. The van der Waals surface area contributed by atoms with Crippen LogP contribution in [0.1, 0.15) is 19.8 Å². The van der Waals surface area contributed by atoms with E-state index in [0.29, 0.717) is 5.92 Å². The first-order chi connectivity index (χ1) is 5.05. The fourth-order valence-electron chi connectivity index (χ4n) is 1.48. The zero-order valence-electron chi connectivity index (χ0n) is 6.91. The van der Waals surface area contributed by atoms with Gasteiger partial charge in [0.15, 0.2) is 9.84 Å². The van der Waals surface area contributed by atoms with Crippen LogP contribution in [-0.4, -0.2) is 25.0 Å². The van der Waals surface area contributed by atoms with Gasteiger partial charge in [0.1, 0.15) is 4.58 Å². The standard InChI is InChI=1S/C7H14O2S2/c1-3-6-4-5-10-7(6)11(2,8)9/h6-7H,3-5H2,1-2H3. The lowest BCUT2D eigenvalue weighted by molar-refractivity contribution is 0.528. The van der Waals surface area contributed by atoms with E-state index in [9.17, 15) is 8.42 Å². The molecule has 2 atom stereocenters. The van der Waals surface area contributed by atoms with E-state index < -0.39 is 9.84 Å². The second kappa shape index (κ2) is 3.35. The zero-order chi connectivity index (χ0) is 8.48. The second-order valence-electron chi connectivity index (χ2n) is 3.03. The van der Waals surface area contributed by atoms with Crippen LogP contribution in [0.2, 0.25) is 0 Å². The Bertz CT molecular complexity index is 221. The maximum absolute atomic E-state index is 11.2. The summed E-state index contributed by atoms with van der Waals surface area (Å²) >= 11 is 1.59. The summed E-state index contributed by atoms with van der Waals surface area (Å²) in [5.41, 5.74) is 0. The summed E-state index contributed by atoms with van der Waals surface area (Å²) in [6.45, 7) is 2.06. The van der Waals surface area contributed by atoms with Crippen molar-refractivity contribution >= 4 is 21.6 Å². The summed E-state index contributed by atoms with van der Waals surface area (Å²) in [7, 11) is -2.80. The van der Waals surface area contributed by atoms with Crippen LogP contribution >= 0.6 is 11.8 Å². The predicted molar refractivity (Wildman–Crippen MR) is 49.5 cm³/mol. The largest absolute Gasteiger partial charge is 0.228 e. The van der Waals surface area contributed by atoms with Gasteiger partial charge in [-0.1, -0.05) is 13.3 Å². The highest BCUT2D eigenvalue weighted by Crippen LogP contribution is 2.37. The molecule has 1 aliphatic rings. The van der Waals surface area contributed by atoms with Gasteiger partial charge >= 0.3 is 0 Å². The Morgan fingerprint density at radius 1 is 1.55 bits per heavy atom. The Hall–Kier alpha value is 0.300. The van der Waals surface area contributed by atoms with Gasteiger partial charge in [0, 0.05) is 6.26 Å². The average molecular weight is 194 g/mol. The van der Waals surface area contributed by atoms with Crippen molar-refractivity contribution in [3.63, 3.8) is 0 Å². The zero-order valence-corrected chi connectivity index (χ0v) is 8.54. The molecule has 0 bridgehead atoms. The van der Waals surface area contributed by atoms with Crippen molar-refractivity contribution in [2.75, 3.05) is 12.0 Å². The minimum absolute atomic E-state index is 0.118. The molecule has 0 aliphatic carbocycles. The van der Waals surface area contributed by atoms with Crippen LogP contribution in [0.15, 0.2) is 0 Å². The quantitative estimate of drug-likeness (QED) is 0.668. The van der Waals surface area contributed by atoms with E-state index in [4.69, 9.17) is 0 Å². The van der Waals surface area contributed by atoms with Crippen LogP contribution < -0.4 is 0 Å². The van der Waals surface area contributed by atoms with Crippen molar-refractivity contribution < 1.29 is 8.42 Å². The minimum Gasteiger partial charge on any atom is -0.228 e. The number of rotatable bonds is 2. The smallest absolute Gasteiger partial charge is 0.159 e. The molecule has 4 heteroatoms. The van der Waals surface area contributed by atoms with E-state index in [1.54, 1.807) is 11.8 Å². The third kappa shape index (κ3) is 2.12. The molecule has 0 aromatic rings. The van der Waals surface area contributed by atoms with Crippen molar-refractivity contribution in [2.45, 2.75) is 24.3 Å². The number of hydrogen-bond donors (Lipinski definition) is 0. The van der Waals surface area contributed by atoms with E-state index in [2.05, 4.69) is 6.92 Å². The van der Waals surface area contributed by atoms with Gasteiger partial charge in [-0.3, -0.25) is 0 Å². The second-order valence-corrected chi connectivity index (χ2v) is 6.74. The highest BCUT2D eigenvalue weighted by atomic mass is 32.3. The molecule has 0 aromatic carbocycles. The fourth-order valence-corrected chi connectivity index (χ4v) is 5.05. The predicted octanol–water partition coefficient (Wildman–Crippen LogP) is 1.52. The Morgan fingerprint density at radius 2 is 2.18 bits per heavy atom. The van der Waals surface area contributed by atoms with Gasteiger partial charge < -0.3 is 0 Å². The topological polar surface area (TPSA) is 34.1 Å². The van der Waals surface area contributed by atoms with Gasteiger partial charge in [0.05, 0.1) is 0 Å². The first-order valence-corrected chi connectivity index (χ1v) is 6.86. The lowest BCUT2D eigenvalue weighted by Crippen LogP contribution is -2.20. The maximum Gasteiger partial charge on any atom is 0.159 e. The molecule has 66 valence electrons. The van der Waals surface area contributed by atoms with Crippen LogP contribution in [0, 0.1) is 5.92 Å². The summed E-state index contributed by atoms with van der Waals surface area (Å²) in [5, 5.41) is 0. The summed E-state index contributed by atoms with van der Waals surface area (Å²) < 4.78 is 22.2. The van der Waals surface area contributed by atoms with E-state index in [1.165, 1.54) is 6.26 Å². The lowest BCUT2D eigenvalue weighted by atomic mass is 10.1. The average Bonchev–Trinajstić information content (AvgIpc) is 2.31. The summed E-state index contributed by atoms with van der Waals surface area (Å²) in [4.78, 5) is 0. The molecular formula is C7H14O2S2. The monoisotopic (exact) mass is 194 g/mol. The third-order valence-electron chi connectivity index (χ3n) is 2.10. The Balaban J connectivity index is 2.72. The van der Waals surface area contributed by atoms with Gasteiger partial charge in [-0.25, -0.2) is 8.42 Å². The molecule has 0 N–H and O–H groups in total. The Labute approximate surface area is 72.7 Å². The van der Waals surface area contributed by atoms with Gasteiger partial charge in [-0.15, -0.1) is 11.8 Å². The Kier molecular flexibility index (Phi) is 2.86. The molecule has 11 heavy (non-hydrogen) atoms. The normalized spacial score (nSPS) is 32.5. The van der Waals surface area contributed by atoms with Crippen LogP contribution in [-0.2, 0) is 9.84 Å². The molecule has 1 aliphatic heterocycles. The molecule has 0 radical (unpaired) electrons. The molecule has 0 aromatic heterocycles. The van der Waals surface area contributed by atoms with Crippen LogP contribution in [0.4, 0.5) is 0 Å². The summed E-state index contributed by atoms with van der Waals surface area (Å²) in [6, 6.07) is 0. The fraction of sp³-hybridized carbons (Fsp3) is 1.00. The molecule has 2 unspecified atom stereocenters. The van der Waals surface area contributed by atoms with Gasteiger partial charge in [-0.2, -0.15) is 0 Å². The lowest BCUT2D eigenvalue weighted by Gasteiger charge is -2.13. The van der Waals surface area contributed by atoms with Crippen molar-refractivity contribution in [3.05, 3.63) is 0 Å². The molecule has 1 saturated heterocycles. The van der Waals surface area contributed by atoms with Crippen molar-refractivity contribution in [3.8, 4) is 0 Å². The SMILES string of the molecule is CCC1CCSC1S(C)(=O)=O. The first-order valence-electron chi connectivity index (χ1n) is 3.86. The van der Waals surface area contributed by atoms with E-state index in [-0.39, 0.29) is 4.58 Å². The molecule has 2 nitrogen and oxygen atoms in total. The minimum atomic E-state index is -2.80. The van der Waals surface area contributed by atoms with Crippen LogP contribution in [0.3, 0.4) is 0 Å². The molecule has 1 heterocycles. The maximum atomic E-state index is 11.2.